The predicted octanol–water partition coefficient (Wildman–Crippen LogP) is 3.78. The predicted molar refractivity (Wildman–Crippen MR) is 127 cm³/mol. The summed E-state index contributed by atoms with van der Waals surface area (Å²) in [4.78, 5) is 26.3. The molecule has 9 heteroatoms. The van der Waals surface area contributed by atoms with E-state index in [1.165, 1.54) is 0 Å². The van der Waals surface area contributed by atoms with Crippen LogP contribution in [-0.2, 0) is 9.53 Å². The fraction of sp³-hybridized carbons (Fsp3) is 0.458. The molecule has 0 atom stereocenters. The first-order valence-corrected chi connectivity index (χ1v) is 11.6. The van der Waals surface area contributed by atoms with Crippen LogP contribution in [0.1, 0.15) is 26.7 Å². The molecule has 1 amide bonds. The number of nitrogens with one attached hydrogen (secondary N) is 1. The van der Waals surface area contributed by atoms with Crippen LogP contribution in [-0.4, -0.2) is 53.3 Å². The standard InChI is InChI=1S/C24H28ClN5O3/c1-24(2,22(26)31)15-11-17(12-15)33-23-27-19-13-18(25)20(28-21(19)29-23)14-3-5-16(6-4-14)30-7-9-32-10-8-30/h3-6,13,15,17H,7-12H2,1-2H3,(H2,26,31)(H,27,28,29). The van der Waals surface area contributed by atoms with Gasteiger partial charge in [-0.2, -0.15) is 4.98 Å². The Morgan fingerprint density at radius 2 is 1.91 bits per heavy atom. The van der Waals surface area contributed by atoms with Crippen LogP contribution in [0.25, 0.3) is 22.4 Å². The quantitative estimate of drug-likeness (QED) is 0.569. The Balaban J connectivity index is 1.30. The molecule has 33 heavy (non-hydrogen) atoms. The van der Waals surface area contributed by atoms with E-state index in [0.717, 1.165) is 55.9 Å². The lowest BCUT2D eigenvalue weighted by Gasteiger charge is -2.42. The molecule has 1 aliphatic heterocycles. The molecule has 3 heterocycles. The summed E-state index contributed by atoms with van der Waals surface area (Å²) in [7, 11) is 0. The highest BCUT2D eigenvalue weighted by molar-refractivity contribution is 6.33. The van der Waals surface area contributed by atoms with Crippen LogP contribution in [0.4, 0.5) is 5.69 Å². The van der Waals surface area contributed by atoms with Crippen molar-refractivity contribution >= 4 is 34.4 Å². The van der Waals surface area contributed by atoms with E-state index in [2.05, 4.69) is 32.0 Å². The van der Waals surface area contributed by atoms with Crippen LogP contribution in [0.2, 0.25) is 5.02 Å². The molecule has 1 saturated heterocycles. The molecule has 8 nitrogen and oxygen atoms in total. The Labute approximate surface area is 197 Å². The lowest BCUT2D eigenvalue weighted by molar-refractivity contribution is -0.133. The average Bonchev–Trinajstić information content (AvgIpc) is 3.17. The van der Waals surface area contributed by atoms with Crippen molar-refractivity contribution in [2.75, 3.05) is 31.2 Å². The van der Waals surface area contributed by atoms with Gasteiger partial charge >= 0.3 is 0 Å². The molecule has 1 aliphatic carbocycles. The fourth-order valence-electron chi connectivity index (χ4n) is 4.42. The highest BCUT2D eigenvalue weighted by Crippen LogP contribution is 2.43. The van der Waals surface area contributed by atoms with Gasteiger partial charge in [-0.1, -0.05) is 37.6 Å². The minimum absolute atomic E-state index is 0.00291. The number of carbonyl (C=O) groups is 1. The molecule has 1 aromatic carbocycles. The smallest absolute Gasteiger partial charge is 0.296 e. The highest BCUT2D eigenvalue weighted by Gasteiger charge is 2.44. The van der Waals surface area contributed by atoms with Crippen molar-refractivity contribution in [1.29, 1.82) is 0 Å². The summed E-state index contributed by atoms with van der Waals surface area (Å²) < 4.78 is 11.4. The second-order valence-electron chi connectivity index (χ2n) is 9.37. The number of nitrogens with zero attached hydrogens (tertiary/aromatic N) is 3. The van der Waals surface area contributed by atoms with Gasteiger partial charge in [0.2, 0.25) is 5.91 Å². The number of H-pyrrole nitrogens is 1. The highest BCUT2D eigenvalue weighted by atomic mass is 35.5. The molecular weight excluding hydrogens is 442 g/mol. The molecular formula is C24H28ClN5O3. The molecule has 2 fully saturated rings. The molecule has 0 bridgehead atoms. The Kier molecular flexibility index (Phi) is 5.66. The number of ether oxygens (including phenoxy) is 2. The zero-order valence-electron chi connectivity index (χ0n) is 18.8. The number of anilines is 1. The number of hydrogen-bond acceptors (Lipinski definition) is 6. The number of imidazole rings is 1. The third-order valence-electron chi connectivity index (χ3n) is 6.95. The number of carbonyl (C=O) groups excluding carboxylic acids is 1. The Morgan fingerprint density at radius 3 is 2.58 bits per heavy atom. The molecule has 0 radical (unpaired) electrons. The lowest BCUT2D eigenvalue weighted by Crippen LogP contribution is -2.47. The number of amides is 1. The van der Waals surface area contributed by atoms with Gasteiger partial charge in [-0.05, 0) is 37.0 Å². The number of halogens is 1. The SMILES string of the molecule is CC(C)(C(N)=O)C1CC(Oc2nc3nc(-c4ccc(N5CCOCC5)cc4)c(Cl)cc3[nH]2)C1. The van der Waals surface area contributed by atoms with Gasteiger partial charge in [0.15, 0.2) is 5.65 Å². The number of fused-ring (bicyclic) bond motifs is 1. The van der Waals surface area contributed by atoms with E-state index in [1.807, 2.05) is 32.0 Å². The zero-order valence-corrected chi connectivity index (χ0v) is 19.6. The summed E-state index contributed by atoms with van der Waals surface area (Å²) in [6, 6.07) is 10.5. The first-order chi connectivity index (χ1) is 15.8. The maximum absolute atomic E-state index is 11.7. The minimum atomic E-state index is -0.533. The second-order valence-corrected chi connectivity index (χ2v) is 9.78. The molecule has 3 aromatic rings. The molecule has 0 unspecified atom stereocenters. The van der Waals surface area contributed by atoms with Crippen molar-refractivity contribution in [2.24, 2.45) is 17.1 Å². The normalized spacial score (nSPS) is 21.1. The summed E-state index contributed by atoms with van der Waals surface area (Å²) in [6.45, 7) is 7.06. The van der Waals surface area contributed by atoms with Gasteiger partial charge in [0, 0.05) is 29.8 Å². The van der Waals surface area contributed by atoms with Crippen LogP contribution in [0, 0.1) is 11.3 Å². The number of nitrogens with two attached hydrogens (primary N) is 1. The molecule has 3 N–H and O–H groups in total. The number of morpholine rings is 1. The first-order valence-electron chi connectivity index (χ1n) is 11.3. The molecule has 174 valence electrons. The van der Waals surface area contributed by atoms with Gasteiger partial charge in [0.25, 0.3) is 6.01 Å². The maximum atomic E-state index is 11.7. The maximum Gasteiger partial charge on any atom is 0.296 e. The number of hydrogen-bond donors (Lipinski definition) is 2. The number of aromatic nitrogens is 3. The topological polar surface area (TPSA) is 106 Å². The summed E-state index contributed by atoms with van der Waals surface area (Å²) in [5.74, 6) is -0.0666. The molecule has 2 aromatic heterocycles. The number of pyridine rings is 1. The summed E-state index contributed by atoms with van der Waals surface area (Å²) >= 11 is 6.56. The number of primary amides is 1. The lowest BCUT2D eigenvalue weighted by atomic mass is 9.65. The van der Waals surface area contributed by atoms with E-state index < -0.39 is 5.41 Å². The minimum Gasteiger partial charge on any atom is -0.461 e. The van der Waals surface area contributed by atoms with Crippen LogP contribution >= 0.6 is 11.6 Å². The van der Waals surface area contributed by atoms with E-state index in [-0.39, 0.29) is 17.9 Å². The van der Waals surface area contributed by atoms with E-state index >= 15 is 0 Å². The van der Waals surface area contributed by atoms with E-state index in [0.29, 0.717) is 22.4 Å². The van der Waals surface area contributed by atoms with Crippen molar-refractivity contribution in [1.82, 2.24) is 15.0 Å². The third kappa shape index (κ3) is 4.25. The van der Waals surface area contributed by atoms with Gasteiger partial charge < -0.3 is 25.1 Å². The van der Waals surface area contributed by atoms with Gasteiger partial charge in [-0.3, -0.25) is 4.79 Å². The molecule has 2 aliphatic rings. The monoisotopic (exact) mass is 469 g/mol. The number of rotatable bonds is 6. The Hall–Kier alpha value is -2.84. The molecule has 0 spiro atoms. The van der Waals surface area contributed by atoms with Crippen molar-refractivity contribution < 1.29 is 14.3 Å². The summed E-state index contributed by atoms with van der Waals surface area (Å²) in [5, 5.41) is 0.545. The average molecular weight is 470 g/mol. The van der Waals surface area contributed by atoms with Gasteiger partial charge in [0.1, 0.15) is 6.10 Å². The third-order valence-corrected chi connectivity index (χ3v) is 7.24. The summed E-state index contributed by atoms with van der Waals surface area (Å²) in [6.07, 6.45) is 1.53. The molecule has 1 saturated carbocycles. The van der Waals surface area contributed by atoms with Crippen LogP contribution in [0.15, 0.2) is 30.3 Å². The van der Waals surface area contributed by atoms with Crippen LogP contribution in [0.3, 0.4) is 0 Å². The fourth-order valence-corrected chi connectivity index (χ4v) is 4.68. The van der Waals surface area contributed by atoms with E-state index in [9.17, 15) is 4.79 Å². The van der Waals surface area contributed by atoms with Crippen molar-refractivity contribution in [2.45, 2.75) is 32.8 Å². The Morgan fingerprint density at radius 1 is 1.21 bits per heavy atom. The van der Waals surface area contributed by atoms with Crippen molar-refractivity contribution in [3.63, 3.8) is 0 Å². The van der Waals surface area contributed by atoms with Crippen molar-refractivity contribution in [3.8, 4) is 17.3 Å². The Bertz CT molecular complexity index is 1160. The van der Waals surface area contributed by atoms with Gasteiger partial charge in [-0.25, -0.2) is 4.98 Å². The van der Waals surface area contributed by atoms with E-state index in [4.69, 9.17) is 26.8 Å². The number of benzene rings is 1. The van der Waals surface area contributed by atoms with Crippen molar-refractivity contribution in [3.05, 3.63) is 35.4 Å². The summed E-state index contributed by atoms with van der Waals surface area (Å²) in [5.41, 5.74) is 9.04. The number of aromatic amines is 1. The van der Waals surface area contributed by atoms with Gasteiger partial charge in [-0.15, -0.1) is 0 Å². The second kappa shape index (κ2) is 8.50. The van der Waals surface area contributed by atoms with Gasteiger partial charge in [0.05, 0.1) is 29.4 Å². The van der Waals surface area contributed by atoms with E-state index in [1.54, 1.807) is 0 Å². The largest absolute Gasteiger partial charge is 0.461 e. The first kappa shape index (κ1) is 22.0. The van der Waals surface area contributed by atoms with Crippen LogP contribution < -0.4 is 15.4 Å². The zero-order chi connectivity index (χ0) is 23.2. The van der Waals surface area contributed by atoms with Crippen LogP contribution in [0.5, 0.6) is 6.01 Å². The molecule has 5 rings (SSSR count).